The van der Waals surface area contributed by atoms with Crippen LogP contribution < -0.4 is 5.73 Å². The van der Waals surface area contributed by atoms with Crippen LogP contribution in [0.4, 0.5) is 0 Å². The number of thiol groups is 1. The number of ether oxygens (including phenoxy) is 1. The van der Waals surface area contributed by atoms with Crippen LogP contribution in [-0.2, 0) is 9.53 Å². The SMILES string of the molecule is C=CCC(S)C(N)C(=O)OC. The minimum atomic E-state index is -0.665. The summed E-state index contributed by atoms with van der Waals surface area (Å²) in [7, 11) is 1.30. The van der Waals surface area contributed by atoms with E-state index in [9.17, 15) is 4.79 Å². The van der Waals surface area contributed by atoms with E-state index in [1.807, 2.05) is 0 Å². The van der Waals surface area contributed by atoms with E-state index in [1.54, 1.807) is 6.08 Å². The second-order valence-corrected chi connectivity index (χ2v) is 2.80. The Bertz CT molecular complexity index is 149. The van der Waals surface area contributed by atoms with Crippen molar-refractivity contribution in [1.29, 1.82) is 0 Å². The van der Waals surface area contributed by atoms with Gasteiger partial charge in [0, 0.05) is 5.25 Å². The fraction of sp³-hybridized carbons (Fsp3) is 0.571. The second kappa shape index (κ2) is 5.21. The van der Waals surface area contributed by atoms with Gasteiger partial charge in [0.25, 0.3) is 0 Å². The van der Waals surface area contributed by atoms with E-state index in [2.05, 4.69) is 23.9 Å². The van der Waals surface area contributed by atoms with Crippen molar-refractivity contribution >= 4 is 18.6 Å². The van der Waals surface area contributed by atoms with Gasteiger partial charge in [-0.15, -0.1) is 6.58 Å². The average molecular weight is 175 g/mol. The van der Waals surface area contributed by atoms with E-state index in [-0.39, 0.29) is 5.25 Å². The van der Waals surface area contributed by atoms with Gasteiger partial charge in [-0.3, -0.25) is 4.79 Å². The molecule has 0 amide bonds. The quantitative estimate of drug-likeness (QED) is 0.368. The van der Waals surface area contributed by atoms with Gasteiger partial charge in [0.2, 0.25) is 0 Å². The molecule has 0 rings (SSSR count). The van der Waals surface area contributed by atoms with Gasteiger partial charge in [-0.25, -0.2) is 0 Å². The summed E-state index contributed by atoms with van der Waals surface area (Å²) >= 11 is 4.10. The van der Waals surface area contributed by atoms with Crippen molar-refractivity contribution in [3.05, 3.63) is 12.7 Å². The first-order valence-electron chi connectivity index (χ1n) is 3.25. The third-order valence-corrected chi connectivity index (χ3v) is 1.83. The van der Waals surface area contributed by atoms with Crippen LogP contribution in [-0.4, -0.2) is 24.4 Å². The molecule has 0 aromatic rings. The van der Waals surface area contributed by atoms with Crippen LogP contribution in [0, 0.1) is 0 Å². The number of hydrogen-bond donors (Lipinski definition) is 2. The van der Waals surface area contributed by atoms with Crippen LogP contribution in [0.1, 0.15) is 6.42 Å². The largest absolute Gasteiger partial charge is 0.468 e. The highest BCUT2D eigenvalue weighted by Crippen LogP contribution is 2.06. The van der Waals surface area contributed by atoms with E-state index in [0.29, 0.717) is 6.42 Å². The highest BCUT2D eigenvalue weighted by atomic mass is 32.1. The van der Waals surface area contributed by atoms with Crippen LogP contribution in [0.3, 0.4) is 0 Å². The molecule has 0 aliphatic heterocycles. The van der Waals surface area contributed by atoms with E-state index < -0.39 is 12.0 Å². The third-order valence-electron chi connectivity index (χ3n) is 1.30. The molecule has 0 radical (unpaired) electrons. The molecule has 0 heterocycles. The number of allylic oxidation sites excluding steroid dienone is 1. The number of nitrogens with two attached hydrogens (primary N) is 1. The summed E-state index contributed by atoms with van der Waals surface area (Å²) in [6.07, 6.45) is 2.26. The Kier molecular flexibility index (Phi) is 4.98. The lowest BCUT2D eigenvalue weighted by Crippen LogP contribution is -2.39. The molecule has 0 saturated carbocycles. The van der Waals surface area contributed by atoms with E-state index in [0.717, 1.165) is 0 Å². The summed E-state index contributed by atoms with van der Waals surface area (Å²) in [5, 5.41) is -0.208. The van der Waals surface area contributed by atoms with Gasteiger partial charge in [0.1, 0.15) is 6.04 Å². The van der Waals surface area contributed by atoms with Gasteiger partial charge in [-0.1, -0.05) is 6.08 Å². The smallest absolute Gasteiger partial charge is 0.323 e. The number of rotatable bonds is 4. The van der Waals surface area contributed by atoms with E-state index in [4.69, 9.17) is 5.73 Å². The molecule has 64 valence electrons. The Hall–Kier alpha value is -0.480. The zero-order valence-corrected chi connectivity index (χ0v) is 7.38. The Morgan fingerprint density at radius 2 is 2.45 bits per heavy atom. The molecule has 11 heavy (non-hydrogen) atoms. The molecule has 4 heteroatoms. The van der Waals surface area contributed by atoms with E-state index >= 15 is 0 Å². The molecule has 0 aliphatic rings. The maximum atomic E-state index is 10.8. The fourth-order valence-electron chi connectivity index (χ4n) is 0.611. The molecule has 0 spiro atoms. The summed E-state index contributed by atoms with van der Waals surface area (Å²) < 4.78 is 4.43. The van der Waals surface area contributed by atoms with Crippen molar-refractivity contribution in [2.24, 2.45) is 5.73 Å². The summed E-state index contributed by atoms with van der Waals surface area (Å²) in [5.74, 6) is -0.438. The van der Waals surface area contributed by atoms with Crippen molar-refractivity contribution in [1.82, 2.24) is 0 Å². The van der Waals surface area contributed by atoms with Crippen LogP contribution in [0.5, 0.6) is 0 Å². The van der Waals surface area contributed by atoms with Crippen molar-refractivity contribution in [2.75, 3.05) is 7.11 Å². The standard InChI is InChI=1S/C7H13NO2S/c1-3-4-5(11)6(8)7(9)10-2/h3,5-6,11H,1,4,8H2,2H3. The molecular formula is C7H13NO2S. The molecule has 2 atom stereocenters. The normalized spacial score (nSPS) is 15.2. The van der Waals surface area contributed by atoms with Gasteiger partial charge in [0.15, 0.2) is 0 Å². The maximum Gasteiger partial charge on any atom is 0.323 e. The molecule has 2 unspecified atom stereocenters. The number of carbonyl (C=O) groups is 1. The zero-order valence-electron chi connectivity index (χ0n) is 6.49. The summed E-state index contributed by atoms with van der Waals surface area (Å²) in [6.45, 7) is 3.51. The summed E-state index contributed by atoms with van der Waals surface area (Å²) in [6, 6.07) is -0.665. The fourth-order valence-corrected chi connectivity index (χ4v) is 0.881. The Labute approximate surface area is 72.0 Å². The highest BCUT2D eigenvalue weighted by molar-refractivity contribution is 7.81. The van der Waals surface area contributed by atoms with Crippen molar-refractivity contribution in [2.45, 2.75) is 17.7 Å². The molecule has 0 aromatic carbocycles. The van der Waals surface area contributed by atoms with Crippen LogP contribution in [0.2, 0.25) is 0 Å². The average Bonchev–Trinajstić information content (AvgIpc) is 2.02. The zero-order chi connectivity index (χ0) is 8.85. The number of hydrogen-bond acceptors (Lipinski definition) is 4. The topological polar surface area (TPSA) is 52.3 Å². The lowest BCUT2D eigenvalue weighted by molar-refractivity contribution is -0.142. The Balaban J connectivity index is 3.89. The Morgan fingerprint density at radius 3 is 2.82 bits per heavy atom. The lowest BCUT2D eigenvalue weighted by Gasteiger charge is -2.14. The highest BCUT2D eigenvalue weighted by Gasteiger charge is 2.20. The van der Waals surface area contributed by atoms with Gasteiger partial charge >= 0.3 is 5.97 Å². The first-order chi connectivity index (χ1) is 5.13. The second-order valence-electron chi connectivity index (χ2n) is 2.14. The predicted molar refractivity (Wildman–Crippen MR) is 47.6 cm³/mol. The van der Waals surface area contributed by atoms with Crippen LogP contribution >= 0.6 is 12.6 Å². The van der Waals surface area contributed by atoms with Crippen LogP contribution in [0.25, 0.3) is 0 Å². The lowest BCUT2D eigenvalue weighted by atomic mass is 10.1. The first-order valence-corrected chi connectivity index (χ1v) is 3.77. The molecule has 0 aromatic heterocycles. The maximum absolute atomic E-state index is 10.8. The molecule has 0 bridgehead atoms. The molecule has 0 saturated heterocycles. The molecule has 2 N–H and O–H groups in total. The minimum absolute atomic E-state index is 0.208. The van der Waals surface area contributed by atoms with Crippen molar-refractivity contribution in [3.8, 4) is 0 Å². The third kappa shape index (κ3) is 3.43. The molecule has 0 aliphatic carbocycles. The van der Waals surface area contributed by atoms with Gasteiger partial charge in [-0.05, 0) is 6.42 Å². The van der Waals surface area contributed by atoms with Crippen molar-refractivity contribution < 1.29 is 9.53 Å². The first kappa shape index (κ1) is 10.5. The molecular weight excluding hydrogens is 162 g/mol. The predicted octanol–water partition coefficient (Wildman–Crippen LogP) is 0.361. The van der Waals surface area contributed by atoms with Gasteiger partial charge in [0.05, 0.1) is 7.11 Å². The molecule has 3 nitrogen and oxygen atoms in total. The minimum Gasteiger partial charge on any atom is -0.468 e. The van der Waals surface area contributed by atoms with Gasteiger partial charge in [-0.2, -0.15) is 12.6 Å². The Morgan fingerprint density at radius 1 is 1.91 bits per heavy atom. The van der Waals surface area contributed by atoms with Crippen molar-refractivity contribution in [3.63, 3.8) is 0 Å². The van der Waals surface area contributed by atoms with Gasteiger partial charge < -0.3 is 10.5 Å². The monoisotopic (exact) mass is 175 g/mol. The summed E-state index contributed by atoms with van der Waals surface area (Å²) in [4.78, 5) is 10.8. The van der Waals surface area contributed by atoms with E-state index in [1.165, 1.54) is 7.11 Å². The number of esters is 1. The van der Waals surface area contributed by atoms with Crippen LogP contribution in [0.15, 0.2) is 12.7 Å². The number of methoxy groups -OCH3 is 1. The number of carbonyl (C=O) groups excluding carboxylic acids is 1. The molecule has 0 fully saturated rings. The summed E-state index contributed by atoms with van der Waals surface area (Å²) in [5.41, 5.74) is 5.46.